The molecule has 3 nitrogen and oxygen atoms in total. The summed E-state index contributed by atoms with van der Waals surface area (Å²) in [5, 5.41) is 0.442. The zero-order valence-electron chi connectivity index (χ0n) is 11.1. The molecule has 5 heteroatoms. The van der Waals surface area contributed by atoms with E-state index in [2.05, 4.69) is 6.92 Å². The molecule has 1 amide bonds. The number of nitrogens with zero attached hydrogens (tertiary/aromatic N) is 1. The first-order valence-electron chi connectivity index (χ1n) is 6.46. The second-order valence-electron chi connectivity index (χ2n) is 4.88. The molecule has 1 aliphatic heterocycles. The summed E-state index contributed by atoms with van der Waals surface area (Å²) < 4.78 is 0. The summed E-state index contributed by atoms with van der Waals surface area (Å²) in [6, 6.07) is 5.07. The van der Waals surface area contributed by atoms with Crippen molar-refractivity contribution in [2.45, 2.75) is 26.2 Å². The summed E-state index contributed by atoms with van der Waals surface area (Å²) in [5.74, 6) is 0.783. The number of amides is 1. The molecule has 1 aromatic rings. The van der Waals surface area contributed by atoms with E-state index in [1.165, 1.54) is 6.42 Å². The van der Waals surface area contributed by atoms with Gasteiger partial charge in [0, 0.05) is 18.8 Å². The first-order chi connectivity index (χ1) is 8.61. The molecule has 2 N–H and O–H groups in total. The average molecular weight is 303 g/mol. The number of halogens is 2. The van der Waals surface area contributed by atoms with Crippen LogP contribution in [0.4, 0.5) is 5.69 Å². The van der Waals surface area contributed by atoms with Crippen molar-refractivity contribution in [2.75, 3.05) is 18.8 Å². The van der Waals surface area contributed by atoms with Crippen LogP contribution in [0.1, 0.15) is 36.5 Å². The summed E-state index contributed by atoms with van der Waals surface area (Å²) >= 11 is 6.07. The number of carbonyl (C=O) groups is 1. The highest BCUT2D eigenvalue weighted by Crippen LogP contribution is 2.25. The topological polar surface area (TPSA) is 46.3 Å². The zero-order chi connectivity index (χ0) is 13.1. The maximum atomic E-state index is 12.3. The highest BCUT2D eigenvalue weighted by atomic mass is 35.5. The normalized spacial score (nSPS) is 16.0. The monoisotopic (exact) mass is 302 g/mol. The van der Waals surface area contributed by atoms with Crippen molar-refractivity contribution in [1.82, 2.24) is 4.90 Å². The number of hydrogen-bond acceptors (Lipinski definition) is 2. The number of anilines is 1. The fourth-order valence-electron chi connectivity index (χ4n) is 2.42. The van der Waals surface area contributed by atoms with E-state index in [4.69, 9.17) is 17.3 Å². The van der Waals surface area contributed by atoms with E-state index in [-0.39, 0.29) is 18.3 Å². The van der Waals surface area contributed by atoms with Gasteiger partial charge in [-0.05, 0) is 37.0 Å². The average Bonchev–Trinajstić information content (AvgIpc) is 2.38. The summed E-state index contributed by atoms with van der Waals surface area (Å²) in [6.07, 6.45) is 3.38. The van der Waals surface area contributed by atoms with Crippen LogP contribution in [0.5, 0.6) is 0 Å². The number of hydrogen-bond donors (Lipinski definition) is 1. The second-order valence-corrected chi connectivity index (χ2v) is 5.29. The third-order valence-corrected chi connectivity index (χ3v) is 4.02. The Hall–Kier alpha value is -0.930. The Morgan fingerprint density at radius 3 is 2.58 bits per heavy atom. The van der Waals surface area contributed by atoms with E-state index in [0.29, 0.717) is 16.3 Å². The molecule has 19 heavy (non-hydrogen) atoms. The van der Waals surface area contributed by atoms with E-state index in [0.717, 1.165) is 31.8 Å². The van der Waals surface area contributed by atoms with Crippen LogP contribution in [0.15, 0.2) is 18.2 Å². The van der Waals surface area contributed by atoms with Gasteiger partial charge in [-0.25, -0.2) is 0 Å². The summed E-state index contributed by atoms with van der Waals surface area (Å²) in [6.45, 7) is 3.87. The Morgan fingerprint density at radius 2 is 2.05 bits per heavy atom. The third kappa shape index (κ3) is 3.77. The molecule has 1 heterocycles. The Morgan fingerprint density at radius 1 is 1.42 bits per heavy atom. The van der Waals surface area contributed by atoms with Crippen LogP contribution in [-0.4, -0.2) is 23.9 Å². The molecule has 106 valence electrons. The molecule has 0 saturated carbocycles. The summed E-state index contributed by atoms with van der Waals surface area (Å²) in [7, 11) is 0. The number of benzene rings is 1. The van der Waals surface area contributed by atoms with E-state index in [1.807, 2.05) is 4.90 Å². The first kappa shape index (κ1) is 16.1. The van der Waals surface area contributed by atoms with Crippen molar-refractivity contribution in [3.05, 3.63) is 28.8 Å². The molecule has 0 radical (unpaired) electrons. The first-order valence-corrected chi connectivity index (χ1v) is 6.84. The van der Waals surface area contributed by atoms with Gasteiger partial charge in [0.2, 0.25) is 0 Å². The Kier molecular flexibility index (Phi) is 5.95. The van der Waals surface area contributed by atoms with Gasteiger partial charge < -0.3 is 10.6 Å². The number of carbonyl (C=O) groups excluding carboxylic acids is 1. The molecule has 1 fully saturated rings. The van der Waals surface area contributed by atoms with Crippen LogP contribution in [0.2, 0.25) is 5.02 Å². The van der Waals surface area contributed by atoms with Gasteiger partial charge in [-0.2, -0.15) is 0 Å². The maximum Gasteiger partial charge on any atom is 0.255 e. The fraction of sp³-hybridized carbons (Fsp3) is 0.500. The van der Waals surface area contributed by atoms with E-state index in [9.17, 15) is 4.79 Å². The van der Waals surface area contributed by atoms with Crippen LogP contribution in [0.25, 0.3) is 0 Å². The van der Waals surface area contributed by atoms with Crippen LogP contribution in [0.3, 0.4) is 0 Å². The number of piperidine rings is 1. The lowest BCUT2D eigenvalue weighted by molar-refractivity contribution is 0.0689. The van der Waals surface area contributed by atoms with Gasteiger partial charge in [0.25, 0.3) is 5.91 Å². The Bertz CT molecular complexity index is 443. The molecule has 2 rings (SSSR count). The van der Waals surface area contributed by atoms with E-state index < -0.39 is 0 Å². The predicted octanol–water partition coefficient (Wildman–Crippen LogP) is 3.61. The molecular formula is C14H20Cl2N2O. The van der Waals surface area contributed by atoms with E-state index in [1.54, 1.807) is 18.2 Å². The van der Waals surface area contributed by atoms with Gasteiger partial charge in [0.1, 0.15) is 0 Å². The molecule has 0 unspecified atom stereocenters. The number of rotatable bonds is 2. The van der Waals surface area contributed by atoms with E-state index >= 15 is 0 Å². The second kappa shape index (κ2) is 7.01. The fourth-order valence-corrected chi connectivity index (χ4v) is 2.69. The molecule has 1 aliphatic rings. The lowest BCUT2D eigenvalue weighted by Gasteiger charge is -2.31. The minimum Gasteiger partial charge on any atom is -0.399 e. The quantitative estimate of drug-likeness (QED) is 0.848. The standard InChI is InChI=1S/C14H19ClN2O.ClH/c1-2-10-5-7-17(8-6-10)14(18)12-4-3-11(16)9-13(12)15;/h3-4,9-10H,2,5-8,16H2,1H3;1H. The highest BCUT2D eigenvalue weighted by Gasteiger charge is 2.23. The molecule has 0 atom stereocenters. The lowest BCUT2D eigenvalue weighted by Crippen LogP contribution is -2.38. The molecule has 1 aromatic carbocycles. The zero-order valence-corrected chi connectivity index (χ0v) is 12.6. The van der Waals surface area contributed by atoms with Gasteiger partial charge in [-0.3, -0.25) is 4.79 Å². The summed E-state index contributed by atoms with van der Waals surface area (Å²) in [4.78, 5) is 14.2. The minimum atomic E-state index is 0. The van der Waals surface area contributed by atoms with Crippen LogP contribution in [-0.2, 0) is 0 Å². The van der Waals surface area contributed by atoms with Crippen molar-refractivity contribution in [1.29, 1.82) is 0 Å². The van der Waals surface area contributed by atoms with Crippen molar-refractivity contribution in [3.63, 3.8) is 0 Å². The maximum absolute atomic E-state index is 12.3. The van der Waals surface area contributed by atoms with Gasteiger partial charge in [-0.1, -0.05) is 24.9 Å². The highest BCUT2D eigenvalue weighted by molar-refractivity contribution is 6.34. The SMILES string of the molecule is CCC1CCN(C(=O)c2ccc(N)cc2Cl)CC1.Cl. The van der Waals surface area contributed by atoms with Gasteiger partial charge in [0.15, 0.2) is 0 Å². The molecule has 0 aliphatic carbocycles. The predicted molar refractivity (Wildman–Crippen MR) is 82.0 cm³/mol. The Labute approximate surface area is 125 Å². The van der Waals surface area contributed by atoms with Crippen molar-refractivity contribution in [3.8, 4) is 0 Å². The minimum absolute atomic E-state index is 0. The van der Waals surface area contributed by atoms with Crippen LogP contribution < -0.4 is 5.73 Å². The molecule has 0 bridgehead atoms. The smallest absolute Gasteiger partial charge is 0.255 e. The number of likely N-dealkylation sites (tertiary alicyclic amines) is 1. The van der Waals surface area contributed by atoms with Crippen molar-refractivity contribution in [2.24, 2.45) is 5.92 Å². The van der Waals surface area contributed by atoms with Crippen molar-refractivity contribution >= 4 is 35.6 Å². The third-order valence-electron chi connectivity index (χ3n) is 3.70. The van der Waals surface area contributed by atoms with Gasteiger partial charge >= 0.3 is 0 Å². The molecular weight excluding hydrogens is 283 g/mol. The number of nitrogens with two attached hydrogens (primary N) is 1. The Balaban J connectivity index is 0.00000180. The molecule has 0 aromatic heterocycles. The lowest BCUT2D eigenvalue weighted by atomic mass is 9.94. The largest absolute Gasteiger partial charge is 0.399 e. The van der Waals surface area contributed by atoms with Crippen molar-refractivity contribution < 1.29 is 4.79 Å². The van der Waals surface area contributed by atoms with Crippen LogP contribution >= 0.6 is 24.0 Å². The molecule has 0 spiro atoms. The molecule has 1 saturated heterocycles. The summed E-state index contributed by atoms with van der Waals surface area (Å²) in [5.41, 5.74) is 6.77. The number of nitrogen functional groups attached to an aromatic ring is 1. The van der Waals surface area contributed by atoms with Gasteiger partial charge in [-0.15, -0.1) is 12.4 Å². The van der Waals surface area contributed by atoms with Gasteiger partial charge in [0.05, 0.1) is 10.6 Å². The van der Waals surface area contributed by atoms with Crippen LogP contribution in [0, 0.1) is 5.92 Å².